The molecule has 6 heteroatoms. The van der Waals surface area contributed by atoms with Gasteiger partial charge in [0.05, 0.1) is 10.2 Å². The largest absolute Gasteiger partial charge is 0.352 e. The molecule has 1 aromatic heterocycles. The normalized spacial score (nSPS) is 10.8. The van der Waals surface area contributed by atoms with Gasteiger partial charge in [0.1, 0.15) is 0 Å². The first-order valence-electron chi connectivity index (χ1n) is 8.61. The van der Waals surface area contributed by atoms with Crippen molar-refractivity contribution < 1.29 is 9.59 Å². The lowest BCUT2D eigenvalue weighted by Crippen LogP contribution is -2.27. The molecule has 0 saturated heterocycles. The molecule has 0 fully saturated rings. The van der Waals surface area contributed by atoms with Gasteiger partial charge in [0.25, 0.3) is 5.91 Å². The van der Waals surface area contributed by atoms with Gasteiger partial charge in [-0.25, -0.2) is 4.98 Å². The lowest BCUT2D eigenvalue weighted by Gasteiger charge is -2.06. The fourth-order valence-corrected chi connectivity index (χ4v) is 3.71. The second kappa shape index (κ2) is 7.55. The van der Waals surface area contributed by atoms with Gasteiger partial charge in [0, 0.05) is 18.5 Å². The van der Waals surface area contributed by atoms with Crippen molar-refractivity contribution in [3.05, 3.63) is 72.3 Å². The number of benzene rings is 3. The molecule has 0 aliphatic rings. The molecule has 0 spiro atoms. The highest BCUT2D eigenvalue weighted by Crippen LogP contribution is 2.25. The summed E-state index contributed by atoms with van der Waals surface area (Å²) >= 11 is 1.43. The Kier molecular flexibility index (Phi) is 4.80. The molecule has 134 valence electrons. The lowest BCUT2D eigenvalue weighted by atomic mass is 10.1. The van der Waals surface area contributed by atoms with Gasteiger partial charge in [0.2, 0.25) is 5.91 Å². The van der Waals surface area contributed by atoms with Gasteiger partial charge in [0.15, 0.2) is 5.13 Å². The zero-order chi connectivity index (χ0) is 18.6. The minimum absolute atomic E-state index is 0.173. The average molecular weight is 375 g/mol. The molecule has 0 aliphatic carbocycles. The van der Waals surface area contributed by atoms with Gasteiger partial charge in [-0.2, -0.15) is 0 Å². The molecule has 1 heterocycles. The topological polar surface area (TPSA) is 71.1 Å². The van der Waals surface area contributed by atoms with E-state index in [4.69, 9.17) is 0 Å². The maximum Gasteiger partial charge on any atom is 0.251 e. The van der Waals surface area contributed by atoms with E-state index in [1.54, 1.807) is 6.07 Å². The van der Waals surface area contributed by atoms with Gasteiger partial charge < -0.3 is 10.6 Å². The summed E-state index contributed by atoms with van der Waals surface area (Å²) in [7, 11) is 0. The average Bonchev–Trinajstić information content (AvgIpc) is 3.09. The highest BCUT2D eigenvalue weighted by molar-refractivity contribution is 7.22. The summed E-state index contributed by atoms with van der Waals surface area (Å²) in [5, 5.41) is 8.25. The molecule has 0 bridgehead atoms. The number of thiazole rings is 1. The van der Waals surface area contributed by atoms with E-state index in [9.17, 15) is 9.59 Å². The molecule has 0 atom stereocenters. The van der Waals surface area contributed by atoms with E-state index in [-0.39, 0.29) is 24.8 Å². The summed E-state index contributed by atoms with van der Waals surface area (Å²) in [6.07, 6.45) is 0.190. The van der Waals surface area contributed by atoms with Gasteiger partial charge in [-0.15, -0.1) is 0 Å². The van der Waals surface area contributed by atoms with E-state index in [1.165, 1.54) is 11.3 Å². The molecule has 0 radical (unpaired) electrons. The van der Waals surface area contributed by atoms with Crippen LogP contribution in [0.15, 0.2) is 66.7 Å². The third kappa shape index (κ3) is 3.96. The van der Waals surface area contributed by atoms with Crippen LogP contribution >= 0.6 is 11.3 Å². The van der Waals surface area contributed by atoms with Crippen molar-refractivity contribution in [1.29, 1.82) is 0 Å². The third-order valence-electron chi connectivity index (χ3n) is 4.19. The summed E-state index contributed by atoms with van der Waals surface area (Å²) in [6.45, 7) is 0.266. The van der Waals surface area contributed by atoms with Crippen LogP contribution in [0.3, 0.4) is 0 Å². The third-order valence-corrected chi connectivity index (χ3v) is 5.14. The second-order valence-corrected chi connectivity index (χ2v) is 7.13. The maximum atomic E-state index is 12.3. The molecule has 0 aliphatic heterocycles. The number of anilines is 1. The van der Waals surface area contributed by atoms with E-state index >= 15 is 0 Å². The first kappa shape index (κ1) is 17.2. The van der Waals surface area contributed by atoms with Crippen LogP contribution in [0.2, 0.25) is 0 Å². The number of carbonyl (C=O) groups excluding carboxylic acids is 2. The lowest BCUT2D eigenvalue weighted by molar-refractivity contribution is -0.116. The van der Waals surface area contributed by atoms with Gasteiger partial charge >= 0.3 is 0 Å². The Morgan fingerprint density at radius 2 is 1.70 bits per heavy atom. The standard InChI is InChI=1S/C21H17N3O2S/c25-19(24-21-23-17-7-3-4-8-18(17)27-21)11-12-22-20(26)16-10-9-14-5-1-2-6-15(14)13-16/h1-10,13H,11-12H2,(H,22,26)(H,23,24,25). The maximum absolute atomic E-state index is 12.3. The van der Waals surface area contributed by atoms with E-state index in [2.05, 4.69) is 15.6 Å². The Morgan fingerprint density at radius 3 is 2.56 bits per heavy atom. The number of nitrogens with zero attached hydrogens (tertiary/aromatic N) is 1. The van der Waals surface area contributed by atoms with Crippen molar-refractivity contribution in [1.82, 2.24) is 10.3 Å². The first-order chi connectivity index (χ1) is 13.2. The zero-order valence-corrected chi connectivity index (χ0v) is 15.3. The minimum atomic E-state index is -0.187. The van der Waals surface area contributed by atoms with E-state index in [0.29, 0.717) is 10.7 Å². The zero-order valence-electron chi connectivity index (χ0n) is 14.4. The number of nitrogens with one attached hydrogen (secondary N) is 2. The summed E-state index contributed by atoms with van der Waals surface area (Å²) in [4.78, 5) is 28.8. The molecule has 2 amide bonds. The molecule has 3 aromatic carbocycles. The van der Waals surface area contributed by atoms with Crippen LogP contribution in [0.25, 0.3) is 21.0 Å². The molecule has 0 saturated carbocycles. The van der Waals surface area contributed by atoms with Crippen molar-refractivity contribution in [2.75, 3.05) is 11.9 Å². The fourth-order valence-electron chi connectivity index (χ4n) is 2.83. The number of amides is 2. The van der Waals surface area contributed by atoms with Gasteiger partial charge in [-0.1, -0.05) is 53.8 Å². The van der Waals surface area contributed by atoms with Crippen molar-refractivity contribution in [3.63, 3.8) is 0 Å². The predicted molar refractivity (Wildman–Crippen MR) is 109 cm³/mol. The van der Waals surface area contributed by atoms with Crippen molar-refractivity contribution in [2.24, 2.45) is 0 Å². The first-order valence-corrected chi connectivity index (χ1v) is 9.43. The van der Waals surface area contributed by atoms with Crippen LogP contribution in [0.5, 0.6) is 0 Å². The van der Waals surface area contributed by atoms with Crippen LogP contribution in [0, 0.1) is 0 Å². The SMILES string of the molecule is O=C(CCNC(=O)c1ccc2ccccc2c1)Nc1nc2ccccc2s1. The molecule has 4 rings (SSSR count). The number of hydrogen-bond acceptors (Lipinski definition) is 4. The summed E-state index contributed by atoms with van der Waals surface area (Å²) in [5.74, 6) is -0.360. The molecule has 0 unspecified atom stereocenters. The summed E-state index contributed by atoms with van der Waals surface area (Å²) < 4.78 is 1.03. The highest BCUT2D eigenvalue weighted by Gasteiger charge is 2.10. The number of hydrogen-bond donors (Lipinski definition) is 2. The summed E-state index contributed by atoms with van der Waals surface area (Å²) in [6, 6.07) is 21.2. The monoisotopic (exact) mass is 375 g/mol. The van der Waals surface area contributed by atoms with E-state index < -0.39 is 0 Å². The highest BCUT2D eigenvalue weighted by atomic mass is 32.1. The van der Waals surface area contributed by atoms with Crippen LogP contribution < -0.4 is 10.6 Å². The van der Waals surface area contributed by atoms with Crippen LogP contribution in [-0.4, -0.2) is 23.3 Å². The van der Waals surface area contributed by atoms with E-state index in [0.717, 1.165) is 21.0 Å². The second-order valence-electron chi connectivity index (χ2n) is 6.10. The summed E-state index contributed by atoms with van der Waals surface area (Å²) in [5.41, 5.74) is 1.45. The van der Waals surface area contributed by atoms with Crippen molar-refractivity contribution >= 4 is 49.3 Å². The number of aromatic nitrogens is 1. The minimum Gasteiger partial charge on any atom is -0.352 e. The quantitative estimate of drug-likeness (QED) is 0.549. The van der Waals surface area contributed by atoms with Crippen LogP contribution in [0.4, 0.5) is 5.13 Å². The number of para-hydroxylation sites is 1. The number of rotatable bonds is 5. The number of fused-ring (bicyclic) bond motifs is 2. The van der Waals surface area contributed by atoms with Crippen LogP contribution in [0.1, 0.15) is 16.8 Å². The Labute approximate surface area is 160 Å². The van der Waals surface area contributed by atoms with Crippen LogP contribution in [-0.2, 0) is 4.79 Å². The number of carbonyl (C=O) groups is 2. The van der Waals surface area contributed by atoms with Crippen molar-refractivity contribution in [2.45, 2.75) is 6.42 Å². The molecule has 4 aromatic rings. The molecular weight excluding hydrogens is 358 g/mol. The van der Waals surface area contributed by atoms with E-state index in [1.807, 2.05) is 60.7 Å². The van der Waals surface area contributed by atoms with Gasteiger partial charge in [-0.3, -0.25) is 9.59 Å². The van der Waals surface area contributed by atoms with Crippen molar-refractivity contribution in [3.8, 4) is 0 Å². The molecule has 27 heavy (non-hydrogen) atoms. The molecule has 2 N–H and O–H groups in total. The smallest absolute Gasteiger partial charge is 0.251 e. The Morgan fingerprint density at radius 1 is 0.926 bits per heavy atom. The Bertz CT molecular complexity index is 1100. The van der Waals surface area contributed by atoms with Gasteiger partial charge in [-0.05, 0) is 35.0 Å². The molecular formula is C21H17N3O2S. The molecule has 5 nitrogen and oxygen atoms in total. The Hall–Kier alpha value is -3.25. The Balaban J connectivity index is 1.31. The fraction of sp³-hybridized carbons (Fsp3) is 0.0952. The predicted octanol–water partition coefficient (Wildman–Crippen LogP) is 4.21.